The molecule has 0 unspecified atom stereocenters. The first-order valence-electron chi connectivity index (χ1n) is 14.2. The van der Waals surface area contributed by atoms with E-state index in [4.69, 9.17) is 9.47 Å². The Hall–Kier alpha value is -3.73. The Morgan fingerprint density at radius 1 is 1.15 bits per heavy atom. The predicted octanol–water partition coefficient (Wildman–Crippen LogP) is 3.62. The zero-order chi connectivity index (χ0) is 28.8. The largest absolute Gasteiger partial charge is 0.493 e. The molecule has 1 amide bonds. The summed E-state index contributed by atoms with van der Waals surface area (Å²) in [6, 6.07) is 15.7. The van der Waals surface area contributed by atoms with Gasteiger partial charge in [-0.3, -0.25) is 4.79 Å². The number of nitrogens with zero attached hydrogens (tertiary/aromatic N) is 3. The molecule has 1 aromatic heterocycles. The second kappa shape index (κ2) is 12.8. The number of aliphatic hydroxyl groups is 1. The van der Waals surface area contributed by atoms with Crippen LogP contribution in [0.3, 0.4) is 0 Å². The molecule has 3 atom stereocenters. The topological polar surface area (TPSA) is 126 Å². The summed E-state index contributed by atoms with van der Waals surface area (Å²) in [6.07, 6.45) is 5.54. The van der Waals surface area contributed by atoms with Crippen molar-refractivity contribution in [3.63, 3.8) is 0 Å². The van der Waals surface area contributed by atoms with E-state index < -0.39 is 11.6 Å². The number of benzene rings is 2. The van der Waals surface area contributed by atoms with Gasteiger partial charge in [-0.25, -0.2) is 9.78 Å². The molecule has 1 aliphatic heterocycles. The Labute approximate surface area is 239 Å². The number of piperazine rings is 1. The SMILES string of the molecule is COC[C@]1(O)CCCC[C@H]1n1cnc(C(=O)N2CCNC[C@H]2CCOc2cccc(C(=O)O)c2)c1-c1ccccc1. The summed E-state index contributed by atoms with van der Waals surface area (Å²) in [5.74, 6) is -0.688. The lowest BCUT2D eigenvalue weighted by atomic mass is 9.80. The molecular formula is C31H38N4O6. The van der Waals surface area contributed by atoms with E-state index in [1.165, 1.54) is 12.1 Å². The van der Waals surface area contributed by atoms with Gasteiger partial charge in [0.1, 0.15) is 11.4 Å². The molecule has 10 nitrogen and oxygen atoms in total. The van der Waals surface area contributed by atoms with Crippen molar-refractivity contribution >= 4 is 11.9 Å². The summed E-state index contributed by atoms with van der Waals surface area (Å²) in [4.78, 5) is 32.0. The molecular weight excluding hydrogens is 524 g/mol. The zero-order valence-electron chi connectivity index (χ0n) is 23.4. The fraction of sp³-hybridized carbons (Fsp3) is 0.452. The Bertz CT molecular complexity index is 1340. The maximum Gasteiger partial charge on any atom is 0.335 e. The van der Waals surface area contributed by atoms with Gasteiger partial charge in [-0.15, -0.1) is 0 Å². The van der Waals surface area contributed by atoms with Crippen molar-refractivity contribution in [2.24, 2.45) is 0 Å². The number of aromatic nitrogens is 2. The minimum Gasteiger partial charge on any atom is -0.493 e. The highest BCUT2D eigenvalue weighted by molar-refractivity contribution is 5.98. The molecule has 3 N–H and O–H groups in total. The molecule has 1 aliphatic carbocycles. The quantitative estimate of drug-likeness (QED) is 0.342. The van der Waals surface area contributed by atoms with Gasteiger partial charge in [-0.2, -0.15) is 0 Å². The molecule has 10 heteroatoms. The van der Waals surface area contributed by atoms with Crippen LogP contribution in [0.1, 0.15) is 59.0 Å². The van der Waals surface area contributed by atoms with Crippen molar-refractivity contribution in [1.29, 1.82) is 0 Å². The number of nitrogens with one attached hydrogen (secondary N) is 1. The average Bonchev–Trinajstić information content (AvgIpc) is 3.43. The molecule has 2 aliphatic rings. The van der Waals surface area contributed by atoms with Crippen LogP contribution in [0.15, 0.2) is 60.9 Å². The third kappa shape index (κ3) is 6.29. The number of imidazole rings is 1. The number of aromatic carboxylic acids is 1. The van der Waals surface area contributed by atoms with Crippen LogP contribution in [0.5, 0.6) is 5.75 Å². The summed E-state index contributed by atoms with van der Waals surface area (Å²) in [5, 5.41) is 24.2. The number of rotatable bonds is 10. The van der Waals surface area contributed by atoms with Crippen LogP contribution in [-0.2, 0) is 4.74 Å². The van der Waals surface area contributed by atoms with Crippen LogP contribution in [0.25, 0.3) is 11.3 Å². The molecule has 1 saturated heterocycles. The van der Waals surface area contributed by atoms with Crippen LogP contribution in [-0.4, -0.2) is 88.1 Å². The summed E-state index contributed by atoms with van der Waals surface area (Å²) >= 11 is 0. The Morgan fingerprint density at radius 3 is 2.76 bits per heavy atom. The monoisotopic (exact) mass is 562 g/mol. The van der Waals surface area contributed by atoms with E-state index in [0.717, 1.165) is 24.8 Å². The van der Waals surface area contributed by atoms with Crippen LogP contribution < -0.4 is 10.1 Å². The Kier molecular flexibility index (Phi) is 9.02. The third-order valence-electron chi connectivity index (χ3n) is 8.14. The zero-order valence-corrected chi connectivity index (χ0v) is 23.4. The third-order valence-corrected chi connectivity index (χ3v) is 8.14. The maximum absolute atomic E-state index is 14.2. The van der Waals surface area contributed by atoms with E-state index in [-0.39, 0.29) is 30.2 Å². The number of carbonyl (C=O) groups excluding carboxylic acids is 1. The Morgan fingerprint density at radius 2 is 1.98 bits per heavy atom. The lowest BCUT2D eigenvalue weighted by molar-refractivity contribution is -0.0893. The first kappa shape index (κ1) is 28.8. The van der Waals surface area contributed by atoms with Crippen LogP contribution in [0.4, 0.5) is 0 Å². The van der Waals surface area contributed by atoms with Gasteiger partial charge in [0.25, 0.3) is 5.91 Å². The highest BCUT2D eigenvalue weighted by Gasteiger charge is 2.42. The number of hydrogen-bond donors (Lipinski definition) is 3. The van der Waals surface area contributed by atoms with Crippen molar-refractivity contribution in [1.82, 2.24) is 19.8 Å². The lowest BCUT2D eigenvalue weighted by Gasteiger charge is -2.41. The van der Waals surface area contributed by atoms with E-state index in [1.807, 2.05) is 39.8 Å². The van der Waals surface area contributed by atoms with Gasteiger partial charge in [0, 0.05) is 44.8 Å². The standard InChI is InChI=1S/C31H38N4O6/c1-40-20-31(39)14-6-5-12-26(31)35-21-33-27(28(35)22-8-3-2-4-9-22)29(36)34-16-15-32-19-24(34)13-17-41-25-11-7-10-23(18-25)30(37)38/h2-4,7-11,18,21,24,26,32,39H,5-6,12-17,19-20H2,1H3,(H,37,38)/t24-,26-,31-/m1/s1. The van der Waals surface area contributed by atoms with E-state index in [9.17, 15) is 19.8 Å². The van der Waals surface area contributed by atoms with Crippen LogP contribution >= 0.6 is 0 Å². The summed E-state index contributed by atoms with van der Waals surface area (Å²) < 4.78 is 13.3. The van der Waals surface area contributed by atoms with Crippen molar-refractivity contribution in [2.45, 2.75) is 49.8 Å². The first-order chi connectivity index (χ1) is 19.9. The second-order valence-electron chi connectivity index (χ2n) is 10.8. The van der Waals surface area contributed by atoms with Crippen LogP contribution in [0, 0.1) is 0 Å². The predicted molar refractivity (Wildman–Crippen MR) is 153 cm³/mol. The number of carbonyl (C=O) groups is 2. The molecule has 2 aromatic carbocycles. The van der Waals surface area contributed by atoms with Crippen molar-refractivity contribution in [3.8, 4) is 17.0 Å². The van der Waals surface area contributed by atoms with Gasteiger partial charge in [0.05, 0.1) is 36.8 Å². The molecule has 2 heterocycles. The Balaban J connectivity index is 1.40. The van der Waals surface area contributed by atoms with Crippen molar-refractivity contribution in [3.05, 3.63) is 72.2 Å². The highest BCUT2D eigenvalue weighted by Crippen LogP contribution is 2.41. The lowest BCUT2D eigenvalue weighted by Crippen LogP contribution is -2.54. The highest BCUT2D eigenvalue weighted by atomic mass is 16.5. The smallest absolute Gasteiger partial charge is 0.335 e. The molecule has 0 radical (unpaired) electrons. The molecule has 3 aromatic rings. The molecule has 2 fully saturated rings. The number of ether oxygens (including phenoxy) is 2. The van der Waals surface area contributed by atoms with Gasteiger partial charge < -0.3 is 34.5 Å². The average molecular weight is 563 g/mol. The number of carboxylic acids is 1. The van der Waals surface area contributed by atoms with Crippen molar-refractivity contribution < 1.29 is 29.3 Å². The molecule has 218 valence electrons. The van der Waals surface area contributed by atoms with Crippen molar-refractivity contribution in [2.75, 3.05) is 40.0 Å². The summed E-state index contributed by atoms with van der Waals surface area (Å²) in [7, 11) is 1.60. The number of methoxy groups -OCH3 is 1. The van der Waals surface area contributed by atoms with Gasteiger partial charge >= 0.3 is 5.97 Å². The summed E-state index contributed by atoms with van der Waals surface area (Å²) in [5.41, 5.74) is 1.05. The molecule has 5 rings (SSSR count). The number of hydrogen-bond acceptors (Lipinski definition) is 7. The van der Waals surface area contributed by atoms with E-state index in [1.54, 1.807) is 25.6 Å². The maximum atomic E-state index is 14.2. The molecule has 0 spiro atoms. The van der Waals surface area contributed by atoms with E-state index in [2.05, 4.69) is 10.3 Å². The summed E-state index contributed by atoms with van der Waals surface area (Å²) in [6.45, 7) is 2.34. The van der Waals surface area contributed by atoms with Gasteiger partial charge in [0.2, 0.25) is 0 Å². The minimum absolute atomic E-state index is 0.132. The van der Waals surface area contributed by atoms with E-state index >= 15 is 0 Å². The van der Waals surface area contributed by atoms with Gasteiger partial charge in [-0.05, 0) is 31.0 Å². The van der Waals surface area contributed by atoms with Crippen LogP contribution in [0.2, 0.25) is 0 Å². The minimum atomic E-state index is -1.05. The second-order valence-corrected chi connectivity index (χ2v) is 10.8. The molecule has 0 bridgehead atoms. The van der Waals surface area contributed by atoms with Gasteiger partial charge in [0.15, 0.2) is 5.69 Å². The molecule has 1 saturated carbocycles. The van der Waals surface area contributed by atoms with E-state index in [0.29, 0.717) is 56.2 Å². The normalized spacial score (nSPS) is 22.8. The first-order valence-corrected chi connectivity index (χ1v) is 14.2. The number of amides is 1. The molecule has 41 heavy (non-hydrogen) atoms. The number of carboxylic acid groups (broad SMARTS) is 1. The fourth-order valence-electron chi connectivity index (χ4n) is 6.11. The fourth-order valence-corrected chi connectivity index (χ4v) is 6.11. The van der Waals surface area contributed by atoms with Gasteiger partial charge in [-0.1, -0.05) is 49.2 Å².